The lowest BCUT2D eigenvalue weighted by Crippen LogP contribution is -2.52. The number of anilines is 1. The fourth-order valence-corrected chi connectivity index (χ4v) is 2.29. The van der Waals surface area contributed by atoms with Gasteiger partial charge in [-0.25, -0.2) is 0 Å². The summed E-state index contributed by atoms with van der Waals surface area (Å²) in [5.41, 5.74) is 6.83. The van der Waals surface area contributed by atoms with E-state index in [2.05, 4.69) is 18.7 Å². The first-order chi connectivity index (χ1) is 8.92. The first-order valence-electron chi connectivity index (χ1n) is 6.26. The molecule has 0 bridgehead atoms. The monoisotopic (exact) mass is 265 g/mol. The maximum absolute atomic E-state index is 10.9. The Kier molecular flexibility index (Phi) is 3.73. The molecule has 1 aliphatic heterocycles. The Balaban J connectivity index is 2.23. The molecule has 1 saturated heterocycles. The van der Waals surface area contributed by atoms with Crippen molar-refractivity contribution in [1.82, 2.24) is 4.90 Å². The number of hydrogen-bond acceptors (Lipinski definition) is 5. The van der Waals surface area contributed by atoms with Crippen molar-refractivity contribution in [3.8, 4) is 0 Å². The van der Waals surface area contributed by atoms with Crippen LogP contribution in [0.3, 0.4) is 0 Å². The van der Waals surface area contributed by atoms with Gasteiger partial charge < -0.3 is 10.5 Å². The average Bonchev–Trinajstić information content (AvgIpc) is 2.33. The van der Waals surface area contributed by atoms with Crippen LogP contribution in [0.1, 0.15) is 19.4 Å². The minimum Gasteiger partial charge on any atom is -0.393 e. The van der Waals surface area contributed by atoms with E-state index in [9.17, 15) is 10.1 Å². The number of morpholine rings is 1. The fraction of sp³-hybridized carbons (Fsp3) is 0.538. The van der Waals surface area contributed by atoms with Crippen LogP contribution in [-0.4, -0.2) is 35.1 Å². The number of hydrogen-bond donors (Lipinski definition) is 1. The summed E-state index contributed by atoms with van der Waals surface area (Å²) in [7, 11) is 0. The van der Waals surface area contributed by atoms with Crippen LogP contribution in [0, 0.1) is 10.1 Å². The topological polar surface area (TPSA) is 81.6 Å². The number of nitrogens with zero attached hydrogens (tertiary/aromatic N) is 2. The van der Waals surface area contributed by atoms with Crippen LogP contribution in [0.4, 0.5) is 11.4 Å². The number of benzene rings is 1. The lowest BCUT2D eigenvalue weighted by Gasteiger charge is -2.42. The molecule has 2 N–H and O–H groups in total. The Morgan fingerprint density at radius 3 is 2.89 bits per heavy atom. The Labute approximate surface area is 112 Å². The summed E-state index contributed by atoms with van der Waals surface area (Å²) >= 11 is 0. The number of nitrogens with two attached hydrogens (primary N) is 1. The summed E-state index contributed by atoms with van der Waals surface area (Å²) in [6, 6.07) is 4.95. The third-order valence-electron chi connectivity index (χ3n) is 3.55. The normalized spacial score (nSPS) is 19.3. The van der Waals surface area contributed by atoms with Crippen LogP contribution in [0.15, 0.2) is 18.2 Å². The molecule has 0 saturated carbocycles. The molecule has 2 rings (SSSR count). The lowest BCUT2D eigenvalue weighted by atomic mass is 10.0. The number of nitro groups is 1. The third-order valence-corrected chi connectivity index (χ3v) is 3.55. The molecule has 0 spiro atoms. The highest BCUT2D eigenvalue weighted by Crippen LogP contribution is 2.28. The highest BCUT2D eigenvalue weighted by molar-refractivity contribution is 5.62. The zero-order valence-corrected chi connectivity index (χ0v) is 11.3. The molecule has 19 heavy (non-hydrogen) atoms. The van der Waals surface area contributed by atoms with Gasteiger partial charge in [0.05, 0.1) is 18.1 Å². The van der Waals surface area contributed by atoms with Gasteiger partial charge in [0.2, 0.25) is 0 Å². The van der Waals surface area contributed by atoms with Crippen molar-refractivity contribution in [2.24, 2.45) is 0 Å². The van der Waals surface area contributed by atoms with E-state index in [-0.39, 0.29) is 16.9 Å². The van der Waals surface area contributed by atoms with Gasteiger partial charge in [0, 0.05) is 24.7 Å². The van der Waals surface area contributed by atoms with Gasteiger partial charge in [0.1, 0.15) is 5.69 Å². The van der Waals surface area contributed by atoms with Crippen LogP contribution in [0.5, 0.6) is 0 Å². The summed E-state index contributed by atoms with van der Waals surface area (Å²) in [5.74, 6) is 0. The molecule has 1 aromatic rings. The van der Waals surface area contributed by atoms with E-state index >= 15 is 0 Å². The van der Waals surface area contributed by atoms with Gasteiger partial charge in [0.15, 0.2) is 0 Å². The van der Waals surface area contributed by atoms with Gasteiger partial charge in [0.25, 0.3) is 5.69 Å². The second-order valence-electron chi connectivity index (χ2n) is 5.39. The van der Waals surface area contributed by atoms with Gasteiger partial charge in [-0.3, -0.25) is 15.0 Å². The molecule has 0 unspecified atom stereocenters. The summed E-state index contributed by atoms with van der Waals surface area (Å²) in [6.07, 6.45) is 0. The number of para-hydroxylation sites is 1. The van der Waals surface area contributed by atoms with Crippen LogP contribution >= 0.6 is 0 Å². The molecule has 6 heteroatoms. The van der Waals surface area contributed by atoms with E-state index in [0.29, 0.717) is 19.8 Å². The van der Waals surface area contributed by atoms with E-state index in [1.165, 1.54) is 6.07 Å². The molecule has 1 aromatic carbocycles. The fourth-order valence-electron chi connectivity index (χ4n) is 2.29. The quantitative estimate of drug-likeness (QED) is 0.512. The Bertz CT molecular complexity index is 488. The van der Waals surface area contributed by atoms with Crippen molar-refractivity contribution < 1.29 is 9.66 Å². The standard InChI is InChI=1S/C13H19N3O3/c1-13(2)9-19-7-6-15(13)8-10-4-3-5-11(12(10)14)16(17)18/h3-5H,6-9,14H2,1-2H3. The molecule has 0 aliphatic carbocycles. The minimum atomic E-state index is -0.441. The van der Waals surface area contributed by atoms with Crippen molar-refractivity contribution in [3.05, 3.63) is 33.9 Å². The van der Waals surface area contributed by atoms with Gasteiger partial charge in [-0.1, -0.05) is 12.1 Å². The van der Waals surface area contributed by atoms with E-state index in [4.69, 9.17) is 10.5 Å². The first kappa shape index (κ1) is 13.8. The van der Waals surface area contributed by atoms with Gasteiger partial charge in [-0.05, 0) is 19.4 Å². The third kappa shape index (κ3) is 2.85. The molecule has 0 radical (unpaired) electrons. The predicted octanol–water partition coefficient (Wildman–Crippen LogP) is 1.79. The van der Waals surface area contributed by atoms with Crippen molar-refractivity contribution in [2.45, 2.75) is 25.9 Å². The Morgan fingerprint density at radius 2 is 2.26 bits per heavy atom. The zero-order chi connectivity index (χ0) is 14.0. The molecule has 1 heterocycles. The molecule has 1 fully saturated rings. The van der Waals surface area contributed by atoms with E-state index in [0.717, 1.165) is 12.1 Å². The molecule has 104 valence electrons. The van der Waals surface area contributed by atoms with Crippen molar-refractivity contribution >= 4 is 11.4 Å². The van der Waals surface area contributed by atoms with Crippen LogP contribution < -0.4 is 5.73 Å². The first-order valence-corrected chi connectivity index (χ1v) is 6.26. The second-order valence-corrected chi connectivity index (χ2v) is 5.39. The number of nitrogen functional groups attached to an aromatic ring is 1. The van der Waals surface area contributed by atoms with Crippen molar-refractivity contribution in [1.29, 1.82) is 0 Å². The highest BCUT2D eigenvalue weighted by atomic mass is 16.6. The smallest absolute Gasteiger partial charge is 0.292 e. The predicted molar refractivity (Wildman–Crippen MR) is 72.8 cm³/mol. The molecule has 0 aromatic heterocycles. The van der Waals surface area contributed by atoms with E-state index in [1.54, 1.807) is 6.07 Å². The molecule has 1 aliphatic rings. The maximum atomic E-state index is 10.9. The van der Waals surface area contributed by atoms with Gasteiger partial charge >= 0.3 is 0 Å². The highest BCUT2D eigenvalue weighted by Gasteiger charge is 2.31. The van der Waals surface area contributed by atoms with E-state index < -0.39 is 4.92 Å². The SMILES string of the molecule is CC1(C)COCCN1Cc1cccc([N+](=O)[O-])c1N. The number of rotatable bonds is 3. The number of ether oxygens (including phenoxy) is 1. The summed E-state index contributed by atoms with van der Waals surface area (Å²) in [4.78, 5) is 12.7. The number of nitro benzene ring substituents is 1. The van der Waals surface area contributed by atoms with Gasteiger partial charge in [-0.15, -0.1) is 0 Å². The summed E-state index contributed by atoms with van der Waals surface area (Å²) < 4.78 is 5.46. The van der Waals surface area contributed by atoms with Crippen molar-refractivity contribution in [3.63, 3.8) is 0 Å². The minimum absolute atomic E-state index is 0.0245. The maximum Gasteiger partial charge on any atom is 0.292 e. The lowest BCUT2D eigenvalue weighted by molar-refractivity contribution is -0.384. The Morgan fingerprint density at radius 1 is 1.53 bits per heavy atom. The van der Waals surface area contributed by atoms with Crippen molar-refractivity contribution in [2.75, 3.05) is 25.5 Å². The second kappa shape index (κ2) is 5.14. The van der Waals surface area contributed by atoms with Gasteiger partial charge in [-0.2, -0.15) is 0 Å². The van der Waals surface area contributed by atoms with Crippen LogP contribution in [0.25, 0.3) is 0 Å². The molecular weight excluding hydrogens is 246 g/mol. The van der Waals surface area contributed by atoms with E-state index in [1.807, 2.05) is 6.07 Å². The zero-order valence-electron chi connectivity index (χ0n) is 11.3. The molecule has 6 nitrogen and oxygen atoms in total. The largest absolute Gasteiger partial charge is 0.393 e. The Hall–Kier alpha value is -1.66. The summed E-state index contributed by atoms with van der Waals surface area (Å²) in [6.45, 7) is 6.93. The summed E-state index contributed by atoms with van der Waals surface area (Å²) in [5, 5.41) is 10.9. The van der Waals surface area contributed by atoms with Crippen LogP contribution in [0.2, 0.25) is 0 Å². The molecule has 0 amide bonds. The molecular formula is C13H19N3O3. The molecule has 0 atom stereocenters. The average molecular weight is 265 g/mol. The van der Waals surface area contributed by atoms with Crippen LogP contribution in [-0.2, 0) is 11.3 Å².